The Hall–Kier alpha value is -2.67. The van der Waals surface area contributed by atoms with Crippen molar-refractivity contribution in [2.45, 2.75) is 114 Å². The van der Waals surface area contributed by atoms with Gasteiger partial charge < -0.3 is 20.3 Å². The lowest BCUT2D eigenvalue weighted by molar-refractivity contribution is -0.144. The standard InChI is InChI=1S/C32H43N3O4/c1-20-11-10-13-22(19-20)33-29(36)26-25-17-18-32(39-25)27(26)31(38)35(23-14-6-4-3-5-7-15-23)28(32)30(37)34-24-16-9-8-12-21(24)2/h10-11,13,17-19,21,23-28H,3-9,12,14-16H2,1-2H3,(H,33,36)(H,34,37)/t21-,24+,25+,26-,27+,28+,32+/m1/s1. The van der Waals surface area contributed by atoms with Crippen LogP contribution >= 0.6 is 0 Å². The van der Waals surface area contributed by atoms with Gasteiger partial charge in [0.25, 0.3) is 0 Å². The molecule has 7 atom stereocenters. The van der Waals surface area contributed by atoms with E-state index in [0.717, 1.165) is 63.4 Å². The van der Waals surface area contributed by atoms with Gasteiger partial charge in [0.1, 0.15) is 11.6 Å². The van der Waals surface area contributed by atoms with Gasteiger partial charge in [0, 0.05) is 17.8 Å². The van der Waals surface area contributed by atoms with Crippen LogP contribution in [0.5, 0.6) is 0 Å². The van der Waals surface area contributed by atoms with Crippen molar-refractivity contribution >= 4 is 23.4 Å². The quantitative estimate of drug-likeness (QED) is 0.528. The van der Waals surface area contributed by atoms with Crippen molar-refractivity contribution in [2.75, 3.05) is 5.32 Å². The lowest BCUT2D eigenvalue weighted by Gasteiger charge is -2.39. The first-order valence-electron chi connectivity index (χ1n) is 15.3. The van der Waals surface area contributed by atoms with Crippen molar-refractivity contribution in [1.29, 1.82) is 0 Å². The minimum Gasteiger partial charge on any atom is -0.359 e. The van der Waals surface area contributed by atoms with E-state index in [1.165, 1.54) is 12.8 Å². The second-order valence-electron chi connectivity index (χ2n) is 12.7. The number of nitrogens with zero attached hydrogens (tertiary/aromatic N) is 1. The van der Waals surface area contributed by atoms with Gasteiger partial charge in [-0.1, -0.05) is 76.2 Å². The minimum atomic E-state index is -1.10. The van der Waals surface area contributed by atoms with Crippen LogP contribution in [0.3, 0.4) is 0 Å². The van der Waals surface area contributed by atoms with Crippen LogP contribution in [0.1, 0.15) is 83.1 Å². The molecule has 0 unspecified atom stereocenters. The maximum atomic E-state index is 14.4. The fourth-order valence-electron chi connectivity index (χ4n) is 8.05. The molecule has 3 amide bonds. The van der Waals surface area contributed by atoms with Gasteiger partial charge in [-0.15, -0.1) is 0 Å². The highest BCUT2D eigenvalue weighted by atomic mass is 16.5. The van der Waals surface area contributed by atoms with E-state index in [1.807, 2.05) is 48.2 Å². The normalized spacial score (nSPS) is 36.4. The Morgan fingerprint density at radius 3 is 2.44 bits per heavy atom. The molecular formula is C32H43N3O4. The number of hydrogen-bond donors (Lipinski definition) is 2. The van der Waals surface area contributed by atoms with Crippen LogP contribution in [0.4, 0.5) is 5.69 Å². The number of amides is 3. The summed E-state index contributed by atoms with van der Waals surface area (Å²) in [5.41, 5.74) is 0.666. The van der Waals surface area contributed by atoms with Crippen molar-refractivity contribution in [1.82, 2.24) is 10.2 Å². The molecule has 39 heavy (non-hydrogen) atoms. The number of anilines is 1. The van der Waals surface area contributed by atoms with Crippen LogP contribution in [-0.4, -0.2) is 52.5 Å². The Bertz CT molecular complexity index is 1140. The molecule has 3 heterocycles. The Morgan fingerprint density at radius 2 is 1.69 bits per heavy atom. The molecule has 210 valence electrons. The first-order valence-corrected chi connectivity index (χ1v) is 15.3. The van der Waals surface area contributed by atoms with Crippen LogP contribution in [-0.2, 0) is 19.1 Å². The highest BCUT2D eigenvalue weighted by Gasteiger charge is 2.73. The zero-order chi connectivity index (χ0) is 27.1. The summed E-state index contributed by atoms with van der Waals surface area (Å²) in [5.74, 6) is -1.36. The number of aryl methyl sites for hydroxylation is 1. The number of fused-ring (bicyclic) bond motifs is 1. The number of carbonyl (C=O) groups is 3. The van der Waals surface area contributed by atoms with Crippen molar-refractivity contribution in [3.8, 4) is 0 Å². The van der Waals surface area contributed by atoms with E-state index in [9.17, 15) is 14.4 Å². The van der Waals surface area contributed by atoms with Gasteiger partial charge in [-0.25, -0.2) is 0 Å². The van der Waals surface area contributed by atoms with Gasteiger partial charge in [-0.3, -0.25) is 14.4 Å². The molecule has 6 rings (SSSR count). The van der Waals surface area contributed by atoms with E-state index in [1.54, 1.807) is 0 Å². The van der Waals surface area contributed by atoms with Crippen molar-refractivity contribution in [2.24, 2.45) is 17.8 Å². The molecule has 1 aromatic carbocycles. The summed E-state index contributed by atoms with van der Waals surface area (Å²) in [6.07, 6.45) is 15.2. The summed E-state index contributed by atoms with van der Waals surface area (Å²) < 4.78 is 6.58. The van der Waals surface area contributed by atoms with E-state index in [-0.39, 0.29) is 29.8 Å². The number of benzene rings is 1. The number of carbonyl (C=O) groups excluding carboxylic acids is 3. The molecule has 7 nitrogen and oxygen atoms in total. The molecule has 2 aliphatic carbocycles. The van der Waals surface area contributed by atoms with Gasteiger partial charge in [0.05, 0.1) is 17.9 Å². The van der Waals surface area contributed by atoms with Crippen LogP contribution < -0.4 is 10.6 Å². The number of rotatable bonds is 5. The minimum absolute atomic E-state index is 0.00571. The van der Waals surface area contributed by atoms with Crippen molar-refractivity contribution < 1.29 is 19.1 Å². The third-order valence-electron chi connectivity index (χ3n) is 10.1. The van der Waals surface area contributed by atoms with E-state index < -0.39 is 29.6 Å². The summed E-state index contributed by atoms with van der Waals surface area (Å²) in [6.45, 7) is 4.19. The molecule has 2 saturated carbocycles. The number of hydrogen-bond acceptors (Lipinski definition) is 4. The predicted molar refractivity (Wildman–Crippen MR) is 150 cm³/mol. The second kappa shape index (κ2) is 10.7. The molecule has 4 fully saturated rings. The fourth-order valence-corrected chi connectivity index (χ4v) is 8.05. The Kier molecular flexibility index (Phi) is 7.30. The van der Waals surface area contributed by atoms with Crippen LogP contribution in [0.2, 0.25) is 0 Å². The summed E-state index contributed by atoms with van der Waals surface area (Å²) >= 11 is 0. The average molecular weight is 534 g/mol. The van der Waals surface area contributed by atoms with E-state index in [4.69, 9.17) is 4.74 Å². The second-order valence-corrected chi connectivity index (χ2v) is 12.7. The molecule has 1 spiro atoms. The Balaban J connectivity index is 1.33. The highest BCUT2D eigenvalue weighted by molar-refractivity contribution is 6.03. The number of likely N-dealkylation sites (tertiary alicyclic amines) is 1. The molecule has 2 N–H and O–H groups in total. The number of nitrogens with one attached hydrogen (secondary N) is 2. The zero-order valence-electron chi connectivity index (χ0n) is 23.4. The van der Waals surface area contributed by atoms with E-state index >= 15 is 0 Å². The molecule has 2 saturated heterocycles. The molecule has 0 radical (unpaired) electrons. The lowest BCUT2D eigenvalue weighted by Crippen LogP contribution is -2.59. The smallest absolute Gasteiger partial charge is 0.246 e. The average Bonchev–Trinajstić information content (AvgIpc) is 3.53. The van der Waals surface area contributed by atoms with Gasteiger partial charge >= 0.3 is 0 Å². The van der Waals surface area contributed by atoms with E-state index in [0.29, 0.717) is 11.6 Å². The molecule has 1 aromatic rings. The van der Waals surface area contributed by atoms with Crippen LogP contribution in [0.25, 0.3) is 0 Å². The van der Waals surface area contributed by atoms with Gasteiger partial charge in [-0.2, -0.15) is 0 Å². The number of ether oxygens (including phenoxy) is 1. The first-order chi connectivity index (χ1) is 18.9. The van der Waals surface area contributed by atoms with Crippen molar-refractivity contribution in [3.63, 3.8) is 0 Å². The molecule has 2 bridgehead atoms. The Morgan fingerprint density at radius 1 is 0.974 bits per heavy atom. The zero-order valence-corrected chi connectivity index (χ0v) is 23.4. The molecular weight excluding hydrogens is 490 g/mol. The summed E-state index contributed by atoms with van der Waals surface area (Å²) in [6, 6.07) is 7.05. The molecule has 0 aromatic heterocycles. The monoisotopic (exact) mass is 533 g/mol. The summed E-state index contributed by atoms with van der Waals surface area (Å²) in [7, 11) is 0. The SMILES string of the molecule is Cc1cccc(NC(=O)[C@@H]2[C@@H]3C=C[C@]4(O3)[C@@H]2C(=O)N(C2CCCCCCC2)[C@H]4C(=O)N[C@H]2CCCC[C@H]2C)c1. The maximum Gasteiger partial charge on any atom is 0.246 e. The third-order valence-corrected chi connectivity index (χ3v) is 10.1. The van der Waals surface area contributed by atoms with Gasteiger partial charge in [0.2, 0.25) is 17.7 Å². The van der Waals surface area contributed by atoms with Gasteiger partial charge in [-0.05, 0) is 56.2 Å². The van der Waals surface area contributed by atoms with Gasteiger partial charge in [0.15, 0.2) is 0 Å². The summed E-state index contributed by atoms with van der Waals surface area (Å²) in [5, 5.41) is 6.40. The first kappa shape index (κ1) is 26.5. The fraction of sp³-hybridized carbons (Fsp3) is 0.656. The molecule has 5 aliphatic rings. The largest absolute Gasteiger partial charge is 0.359 e. The van der Waals surface area contributed by atoms with Crippen LogP contribution in [0, 0.1) is 24.7 Å². The predicted octanol–water partition coefficient (Wildman–Crippen LogP) is 4.89. The summed E-state index contributed by atoms with van der Waals surface area (Å²) in [4.78, 5) is 44.2. The topological polar surface area (TPSA) is 87.7 Å². The van der Waals surface area contributed by atoms with Crippen LogP contribution in [0.15, 0.2) is 36.4 Å². The Labute approximate surface area is 232 Å². The third kappa shape index (κ3) is 4.71. The highest BCUT2D eigenvalue weighted by Crippen LogP contribution is 2.56. The maximum absolute atomic E-state index is 14.4. The lowest BCUT2D eigenvalue weighted by atomic mass is 9.74. The molecule has 7 heteroatoms. The molecule has 3 aliphatic heterocycles. The van der Waals surface area contributed by atoms with E-state index in [2.05, 4.69) is 17.6 Å². The van der Waals surface area contributed by atoms with Crippen molar-refractivity contribution in [3.05, 3.63) is 42.0 Å².